The van der Waals surface area contributed by atoms with E-state index in [0.717, 1.165) is 18.1 Å². The molecule has 1 aromatic carbocycles. The first kappa shape index (κ1) is 20.6. The molecule has 134 valence electrons. The number of guanidine groups is 1. The molecular weight excluding hydrogens is 347 g/mol. The Hall–Kier alpha value is -1.46. The first-order valence-corrected chi connectivity index (χ1v) is 8.81. The third kappa shape index (κ3) is 7.41. The Labute approximate surface area is 154 Å². The van der Waals surface area contributed by atoms with Gasteiger partial charge in [-0.1, -0.05) is 29.3 Å². The molecule has 0 unspecified atom stereocenters. The van der Waals surface area contributed by atoms with Crippen molar-refractivity contribution in [3.05, 3.63) is 33.8 Å². The first-order chi connectivity index (χ1) is 11.3. The fourth-order valence-electron chi connectivity index (χ4n) is 2.11. The molecule has 0 saturated heterocycles. The number of nitrogens with zero attached hydrogens (tertiary/aromatic N) is 2. The zero-order valence-corrected chi connectivity index (χ0v) is 16.2. The summed E-state index contributed by atoms with van der Waals surface area (Å²) in [6, 6.07) is 5.71. The van der Waals surface area contributed by atoms with Crippen LogP contribution in [0.5, 0.6) is 0 Å². The van der Waals surface area contributed by atoms with Crippen LogP contribution in [-0.2, 0) is 11.3 Å². The van der Waals surface area contributed by atoms with E-state index in [1.54, 1.807) is 6.07 Å². The van der Waals surface area contributed by atoms with E-state index in [-0.39, 0.29) is 11.9 Å². The molecule has 0 atom stereocenters. The standard InChI is InChI=1S/C17H26Cl2N4O/c1-5-20-17(21-9-8-16(24)22-12(2)3)23(4)11-13-6-7-14(18)15(19)10-13/h6-7,10,12H,5,8-9,11H2,1-4H3,(H,20,21)(H,22,24). The van der Waals surface area contributed by atoms with Crippen LogP contribution in [-0.4, -0.2) is 42.9 Å². The van der Waals surface area contributed by atoms with Crippen LogP contribution in [0.25, 0.3) is 0 Å². The van der Waals surface area contributed by atoms with Crippen LogP contribution in [0.4, 0.5) is 0 Å². The molecule has 0 fully saturated rings. The van der Waals surface area contributed by atoms with Gasteiger partial charge in [-0.05, 0) is 38.5 Å². The third-order valence-corrected chi connectivity index (χ3v) is 3.89. The molecule has 0 heterocycles. The molecule has 0 spiro atoms. The van der Waals surface area contributed by atoms with E-state index < -0.39 is 0 Å². The molecular formula is C17H26Cl2N4O. The zero-order chi connectivity index (χ0) is 18.1. The Morgan fingerprint density at radius 3 is 2.58 bits per heavy atom. The summed E-state index contributed by atoms with van der Waals surface area (Å²) in [7, 11) is 1.94. The Morgan fingerprint density at radius 2 is 2.00 bits per heavy atom. The van der Waals surface area contributed by atoms with Crippen molar-refractivity contribution in [2.45, 2.75) is 39.8 Å². The summed E-state index contributed by atoms with van der Waals surface area (Å²) in [5.74, 6) is 0.762. The minimum Gasteiger partial charge on any atom is -0.357 e. The van der Waals surface area contributed by atoms with E-state index in [9.17, 15) is 4.79 Å². The average molecular weight is 373 g/mol. The lowest BCUT2D eigenvalue weighted by atomic mass is 10.2. The smallest absolute Gasteiger partial charge is 0.222 e. The molecule has 0 bridgehead atoms. The second-order valence-corrected chi connectivity index (χ2v) is 6.63. The summed E-state index contributed by atoms with van der Waals surface area (Å²) < 4.78 is 0. The van der Waals surface area contributed by atoms with Crippen molar-refractivity contribution in [2.75, 3.05) is 20.1 Å². The maximum atomic E-state index is 11.7. The van der Waals surface area contributed by atoms with Crippen molar-refractivity contribution < 1.29 is 4.79 Å². The summed E-state index contributed by atoms with van der Waals surface area (Å²) in [5.41, 5.74) is 1.04. The molecule has 0 aromatic heterocycles. The number of halogens is 2. The van der Waals surface area contributed by atoms with Crippen molar-refractivity contribution in [3.63, 3.8) is 0 Å². The van der Waals surface area contributed by atoms with Crippen LogP contribution in [0, 0.1) is 0 Å². The number of rotatable bonds is 7. The van der Waals surface area contributed by atoms with Crippen molar-refractivity contribution >= 4 is 35.1 Å². The summed E-state index contributed by atoms with van der Waals surface area (Å²) >= 11 is 12.0. The fourth-order valence-corrected chi connectivity index (χ4v) is 2.43. The highest BCUT2D eigenvalue weighted by molar-refractivity contribution is 6.42. The lowest BCUT2D eigenvalue weighted by molar-refractivity contribution is -0.121. The molecule has 0 saturated carbocycles. The first-order valence-electron chi connectivity index (χ1n) is 8.06. The minimum absolute atomic E-state index is 0.0109. The number of benzene rings is 1. The minimum atomic E-state index is 0.0109. The number of hydrogen-bond acceptors (Lipinski definition) is 2. The summed E-state index contributed by atoms with van der Waals surface area (Å²) in [6.07, 6.45) is 0.369. The molecule has 7 heteroatoms. The van der Waals surface area contributed by atoms with Gasteiger partial charge in [-0.2, -0.15) is 0 Å². The molecule has 0 aliphatic heterocycles. The molecule has 1 amide bonds. The Morgan fingerprint density at radius 1 is 1.29 bits per heavy atom. The van der Waals surface area contributed by atoms with Gasteiger partial charge in [0.25, 0.3) is 0 Å². The van der Waals surface area contributed by atoms with Gasteiger partial charge in [-0.3, -0.25) is 9.79 Å². The Kier molecular flexibility index (Phi) is 8.93. The van der Waals surface area contributed by atoms with E-state index >= 15 is 0 Å². The molecule has 0 aliphatic carbocycles. The van der Waals surface area contributed by atoms with Gasteiger partial charge in [0.05, 0.1) is 16.6 Å². The fraction of sp³-hybridized carbons (Fsp3) is 0.529. The van der Waals surface area contributed by atoms with E-state index in [1.165, 1.54) is 0 Å². The van der Waals surface area contributed by atoms with Gasteiger partial charge in [0.1, 0.15) is 0 Å². The summed E-state index contributed by atoms with van der Waals surface area (Å²) in [5, 5.41) is 7.17. The number of hydrogen-bond donors (Lipinski definition) is 2. The van der Waals surface area contributed by atoms with Gasteiger partial charge in [0.15, 0.2) is 5.96 Å². The molecule has 1 rings (SSSR count). The average Bonchev–Trinajstić information content (AvgIpc) is 2.49. The molecule has 0 radical (unpaired) electrons. The second kappa shape index (κ2) is 10.4. The maximum absolute atomic E-state index is 11.7. The second-order valence-electron chi connectivity index (χ2n) is 5.81. The van der Waals surface area contributed by atoms with Crippen LogP contribution in [0.2, 0.25) is 10.0 Å². The number of nitrogens with one attached hydrogen (secondary N) is 2. The van der Waals surface area contributed by atoms with Crippen LogP contribution < -0.4 is 10.6 Å². The van der Waals surface area contributed by atoms with Crippen molar-refractivity contribution in [2.24, 2.45) is 4.99 Å². The normalized spacial score (nSPS) is 11.5. The Bertz CT molecular complexity index is 576. The van der Waals surface area contributed by atoms with Gasteiger partial charge in [0.2, 0.25) is 5.91 Å². The summed E-state index contributed by atoms with van der Waals surface area (Å²) in [6.45, 7) is 7.72. The quantitative estimate of drug-likeness (QED) is 0.570. The van der Waals surface area contributed by atoms with E-state index in [4.69, 9.17) is 23.2 Å². The number of aliphatic imine (C=N–C) groups is 1. The molecule has 0 aliphatic rings. The zero-order valence-electron chi connectivity index (χ0n) is 14.7. The van der Waals surface area contributed by atoms with Crippen LogP contribution in [0.1, 0.15) is 32.8 Å². The van der Waals surface area contributed by atoms with Crippen molar-refractivity contribution in [1.29, 1.82) is 0 Å². The molecule has 24 heavy (non-hydrogen) atoms. The predicted molar refractivity (Wildman–Crippen MR) is 102 cm³/mol. The van der Waals surface area contributed by atoms with Gasteiger partial charge >= 0.3 is 0 Å². The molecule has 5 nitrogen and oxygen atoms in total. The monoisotopic (exact) mass is 372 g/mol. The van der Waals surface area contributed by atoms with Gasteiger partial charge in [-0.15, -0.1) is 0 Å². The topological polar surface area (TPSA) is 56.7 Å². The summed E-state index contributed by atoms with van der Waals surface area (Å²) in [4.78, 5) is 18.2. The van der Waals surface area contributed by atoms with E-state index in [1.807, 2.05) is 44.9 Å². The lowest BCUT2D eigenvalue weighted by Crippen LogP contribution is -2.39. The largest absolute Gasteiger partial charge is 0.357 e. The highest BCUT2D eigenvalue weighted by Crippen LogP contribution is 2.23. The highest BCUT2D eigenvalue weighted by Gasteiger charge is 2.09. The van der Waals surface area contributed by atoms with Crippen LogP contribution in [0.15, 0.2) is 23.2 Å². The number of carbonyl (C=O) groups excluding carboxylic acids is 1. The van der Waals surface area contributed by atoms with E-state index in [0.29, 0.717) is 29.6 Å². The van der Waals surface area contributed by atoms with E-state index in [2.05, 4.69) is 15.6 Å². The Balaban J connectivity index is 2.66. The van der Waals surface area contributed by atoms with Gasteiger partial charge < -0.3 is 15.5 Å². The predicted octanol–water partition coefficient (Wildman–Crippen LogP) is 3.31. The third-order valence-electron chi connectivity index (χ3n) is 3.15. The molecule has 2 N–H and O–H groups in total. The highest BCUT2D eigenvalue weighted by atomic mass is 35.5. The maximum Gasteiger partial charge on any atom is 0.222 e. The number of amides is 1. The van der Waals surface area contributed by atoms with Gasteiger partial charge in [0, 0.05) is 32.6 Å². The van der Waals surface area contributed by atoms with Gasteiger partial charge in [-0.25, -0.2) is 0 Å². The SMILES string of the molecule is CCNC(=NCCC(=O)NC(C)C)N(C)Cc1ccc(Cl)c(Cl)c1. The van der Waals surface area contributed by atoms with Crippen molar-refractivity contribution in [3.8, 4) is 0 Å². The van der Waals surface area contributed by atoms with Crippen LogP contribution in [0.3, 0.4) is 0 Å². The molecule has 1 aromatic rings. The number of carbonyl (C=O) groups is 1. The van der Waals surface area contributed by atoms with Crippen molar-refractivity contribution in [1.82, 2.24) is 15.5 Å². The van der Waals surface area contributed by atoms with Crippen LogP contribution >= 0.6 is 23.2 Å². The lowest BCUT2D eigenvalue weighted by Gasteiger charge is -2.22.